The zero-order chi connectivity index (χ0) is 14.2. The van der Waals surface area contributed by atoms with Crippen LogP contribution in [-0.4, -0.2) is 18.6 Å². The standard InChI is InChI=1S/C16H22BrNO2/c17-13-8-10-15(11-9-13)20-12-4-7-16(19)18-14-5-2-1-3-6-14/h8-11,14H,1-7,12H2,(H,18,19). The highest BCUT2D eigenvalue weighted by Gasteiger charge is 2.15. The molecule has 1 aromatic carbocycles. The molecular formula is C16H22BrNO2. The van der Waals surface area contributed by atoms with Crippen molar-refractivity contribution >= 4 is 21.8 Å². The van der Waals surface area contributed by atoms with Crippen LogP contribution in [0.3, 0.4) is 0 Å². The first-order valence-corrected chi connectivity index (χ1v) is 8.21. The van der Waals surface area contributed by atoms with E-state index in [9.17, 15) is 4.79 Å². The number of ether oxygens (including phenoxy) is 1. The number of nitrogens with one attached hydrogen (secondary N) is 1. The van der Waals surface area contributed by atoms with Gasteiger partial charge in [0.15, 0.2) is 0 Å². The molecule has 1 aliphatic carbocycles. The van der Waals surface area contributed by atoms with Crippen molar-refractivity contribution in [1.29, 1.82) is 0 Å². The summed E-state index contributed by atoms with van der Waals surface area (Å²) in [6.07, 6.45) is 7.40. The number of hydrogen-bond donors (Lipinski definition) is 1. The quantitative estimate of drug-likeness (QED) is 0.793. The second-order valence-corrected chi connectivity index (χ2v) is 6.22. The van der Waals surface area contributed by atoms with Gasteiger partial charge in [0.25, 0.3) is 0 Å². The first-order valence-electron chi connectivity index (χ1n) is 7.42. The lowest BCUT2D eigenvalue weighted by molar-refractivity contribution is -0.122. The van der Waals surface area contributed by atoms with Crippen LogP contribution in [0.15, 0.2) is 28.7 Å². The van der Waals surface area contributed by atoms with Crippen LogP contribution in [-0.2, 0) is 4.79 Å². The van der Waals surface area contributed by atoms with E-state index in [-0.39, 0.29) is 5.91 Å². The molecule has 2 rings (SSSR count). The summed E-state index contributed by atoms with van der Waals surface area (Å²) < 4.78 is 6.64. The molecule has 1 aliphatic rings. The molecule has 4 heteroatoms. The van der Waals surface area contributed by atoms with Crippen molar-refractivity contribution in [2.75, 3.05) is 6.61 Å². The first kappa shape index (κ1) is 15.4. The van der Waals surface area contributed by atoms with E-state index < -0.39 is 0 Å². The Morgan fingerprint density at radius 1 is 1.20 bits per heavy atom. The van der Waals surface area contributed by atoms with Gasteiger partial charge < -0.3 is 10.1 Å². The molecule has 0 bridgehead atoms. The van der Waals surface area contributed by atoms with Crippen LogP contribution in [0.5, 0.6) is 5.75 Å². The smallest absolute Gasteiger partial charge is 0.220 e. The summed E-state index contributed by atoms with van der Waals surface area (Å²) >= 11 is 3.38. The fourth-order valence-corrected chi connectivity index (χ4v) is 2.76. The van der Waals surface area contributed by atoms with Crippen molar-refractivity contribution in [3.8, 4) is 5.75 Å². The van der Waals surface area contributed by atoms with Crippen molar-refractivity contribution in [3.05, 3.63) is 28.7 Å². The molecule has 20 heavy (non-hydrogen) atoms. The van der Waals surface area contributed by atoms with E-state index in [4.69, 9.17) is 4.74 Å². The van der Waals surface area contributed by atoms with Crippen LogP contribution in [0.4, 0.5) is 0 Å². The number of rotatable bonds is 6. The van der Waals surface area contributed by atoms with E-state index in [0.29, 0.717) is 19.1 Å². The van der Waals surface area contributed by atoms with E-state index in [1.165, 1.54) is 19.3 Å². The molecule has 1 amide bonds. The molecule has 0 heterocycles. The Bertz CT molecular complexity index is 413. The average molecular weight is 340 g/mol. The van der Waals surface area contributed by atoms with Gasteiger partial charge in [-0.3, -0.25) is 4.79 Å². The Labute approximate surface area is 129 Å². The first-order chi connectivity index (χ1) is 9.74. The third kappa shape index (κ3) is 5.53. The molecule has 0 aliphatic heterocycles. The number of carbonyl (C=O) groups is 1. The molecule has 3 nitrogen and oxygen atoms in total. The monoisotopic (exact) mass is 339 g/mol. The van der Waals surface area contributed by atoms with E-state index in [0.717, 1.165) is 29.5 Å². The number of benzene rings is 1. The van der Waals surface area contributed by atoms with E-state index in [2.05, 4.69) is 21.2 Å². The molecule has 0 radical (unpaired) electrons. The lowest BCUT2D eigenvalue weighted by Crippen LogP contribution is -2.36. The maximum absolute atomic E-state index is 11.8. The second-order valence-electron chi connectivity index (χ2n) is 5.31. The Hall–Kier alpha value is -1.03. The summed E-state index contributed by atoms with van der Waals surface area (Å²) in [5.41, 5.74) is 0. The van der Waals surface area contributed by atoms with Gasteiger partial charge in [0.2, 0.25) is 5.91 Å². The van der Waals surface area contributed by atoms with Crippen LogP contribution in [0.1, 0.15) is 44.9 Å². The molecule has 0 aromatic heterocycles. The van der Waals surface area contributed by atoms with Gasteiger partial charge >= 0.3 is 0 Å². The molecule has 1 aromatic rings. The van der Waals surface area contributed by atoms with Gasteiger partial charge in [0, 0.05) is 16.9 Å². The summed E-state index contributed by atoms with van der Waals surface area (Å²) in [6.45, 7) is 0.583. The summed E-state index contributed by atoms with van der Waals surface area (Å²) in [5.74, 6) is 1.01. The minimum absolute atomic E-state index is 0.163. The predicted octanol–water partition coefficient (Wildman–Crippen LogP) is 4.06. The molecule has 0 unspecified atom stereocenters. The Balaban J connectivity index is 1.58. The number of hydrogen-bond acceptors (Lipinski definition) is 2. The van der Waals surface area contributed by atoms with Crippen LogP contribution in [0.2, 0.25) is 0 Å². The molecule has 110 valence electrons. The minimum Gasteiger partial charge on any atom is -0.494 e. The minimum atomic E-state index is 0.163. The van der Waals surface area contributed by atoms with Gasteiger partial charge in [0.05, 0.1) is 6.61 Å². The van der Waals surface area contributed by atoms with Crippen LogP contribution >= 0.6 is 15.9 Å². The van der Waals surface area contributed by atoms with Crippen LogP contribution in [0, 0.1) is 0 Å². The van der Waals surface area contributed by atoms with E-state index >= 15 is 0 Å². The lowest BCUT2D eigenvalue weighted by atomic mass is 9.95. The van der Waals surface area contributed by atoms with E-state index in [1.54, 1.807) is 0 Å². The molecule has 0 spiro atoms. The number of carbonyl (C=O) groups excluding carboxylic acids is 1. The van der Waals surface area contributed by atoms with Crippen LogP contribution < -0.4 is 10.1 Å². The largest absolute Gasteiger partial charge is 0.494 e. The highest BCUT2D eigenvalue weighted by atomic mass is 79.9. The highest BCUT2D eigenvalue weighted by molar-refractivity contribution is 9.10. The maximum Gasteiger partial charge on any atom is 0.220 e. The van der Waals surface area contributed by atoms with Crippen molar-refractivity contribution in [2.45, 2.75) is 51.0 Å². The SMILES string of the molecule is O=C(CCCOc1ccc(Br)cc1)NC1CCCCC1. The Morgan fingerprint density at radius 3 is 2.60 bits per heavy atom. The van der Waals surface area contributed by atoms with Gasteiger partial charge in [-0.2, -0.15) is 0 Å². The highest BCUT2D eigenvalue weighted by Crippen LogP contribution is 2.18. The van der Waals surface area contributed by atoms with Crippen molar-refractivity contribution < 1.29 is 9.53 Å². The Kier molecular flexibility index (Phi) is 6.37. The summed E-state index contributed by atoms with van der Waals surface area (Å²) in [5, 5.41) is 3.12. The Morgan fingerprint density at radius 2 is 1.90 bits per heavy atom. The third-order valence-electron chi connectivity index (χ3n) is 3.60. The molecule has 1 saturated carbocycles. The normalized spacial score (nSPS) is 15.8. The second kappa shape index (κ2) is 8.30. The van der Waals surface area contributed by atoms with Gasteiger partial charge in [0.1, 0.15) is 5.75 Å². The molecular weight excluding hydrogens is 318 g/mol. The molecule has 1 N–H and O–H groups in total. The molecule has 1 fully saturated rings. The summed E-state index contributed by atoms with van der Waals surface area (Å²) in [6, 6.07) is 8.15. The summed E-state index contributed by atoms with van der Waals surface area (Å²) in [7, 11) is 0. The topological polar surface area (TPSA) is 38.3 Å². The average Bonchev–Trinajstić information content (AvgIpc) is 2.46. The number of halogens is 1. The zero-order valence-electron chi connectivity index (χ0n) is 11.7. The van der Waals surface area contributed by atoms with Gasteiger partial charge in [-0.25, -0.2) is 0 Å². The summed E-state index contributed by atoms with van der Waals surface area (Å²) in [4.78, 5) is 11.8. The fourth-order valence-electron chi connectivity index (χ4n) is 2.50. The van der Waals surface area contributed by atoms with Gasteiger partial charge in [-0.15, -0.1) is 0 Å². The van der Waals surface area contributed by atoms with Gasteiger partial charge in [-0.1, -0.05) is 35.2 Å². The lowest BCUT2D eigenvalue weighted by Gasteiger charge is -2.22. The maximum atomic E-state index is 11.8. The van der Waals surface area contributed by atoms with Crippen molar-refractivity contribution in [2.24, 2.45) is 0 Å². The molecule has 0 atom stereocenters. The molecule has 0 saturated heterocycles. The van der Waals surface area contributed by atoms with E-state index in [1.807, 2.05) is 24.3 Å². The zero-order valence-corrected chi connectivity index (χ0v) is 13.3. The van der Waals surface area contributed by atoms with Crippen LogP contribution in [0.25, 0.3) is 0 Å². The van der Waals surface area contributed by atoms with Gasteiger partial charge in [-0.05, 0) is 43.5 Å². The predicted molar refractivity (Wildman–Crippen MR) is 83.9 cm³/mol. The fraction of sp³-hybridized carbons (Fsp3) is 0.562. The third-order valence-corrected chi connectivity index (χ3v) is 4.13. The van der Waals surface area contributed by atoms with Crippen molar-refractivity contribution in [1.82, 2.24) is 5.32 Å². The number of amides is 1. The van der Waals surface area contributed by atoms with Crippen molar-refractivity contribution in [3.63, 3.8) is 0 Å².